The minimum absolute atomic E-state index is 0.125. The van der Waals surface area contributed by atoms with E-state index in [2.05, 4.69) is 0 Å². The number of amides is 2. The summed E-state index contributed by atoms with van der Waals surface area (Å²) < 4.78 is 49.4. The van der Waals surface area contributed by atoms with Gasteiger partial charge < -0.3 is 10.6 Å². The molecule has 0 saturated carbocycles. The summed E-state index contributed by atoms with van der Waals surface area (Å²) in [6.45, 7) is -0.316. The molecule has 0 aromatic heterocycles. The van der Waals surface area contributed by atoms with E-state index in [-0.39, 0.29) is 25.9 Å². The third-order valence-corrected chi connectivity index (χ3v) is 2.74. The molecule has 1 saturated heterocycles. The van der Waals surface area contributed by atoms with E-state index < -0.39 is 30.1 Å². The minimum Gasteiger partial charge on any atom is -0.369 e. The molecule has 0 radical (unpaired) electrons. The molecule has 0 spiro atoms. The third kappa shape index (κ3) is 2.86. The zero-order valence-corrected chi connectivity index (χ0v) is 8.84. The monoisotopic (exact) mass is 256 g/mol. The highest BCUT2D eigenvalue weighted by molar-refractivity contribution is 5.84. The van der Waals surface area contributed by atoms with Crippen LogP contribution in [0.2, 0.25) is 0 Å². The number of rotatable bonds is 3. The number of nitrogens with two attached hydrogens (primary N) is 1. The van der Waals surface area contributed by atoms with Gasteiger partial charge >= 0.3 is 12.3 Å². The maximum atomic E-state index is 12.7. The van der Waals surface area contributed by atoms with Gasteiger partial charge in [-0.05, 0) is 12.8 Å². The van der Waals surface area contributed by atoms with Crippen LogP contribution in [0.15, 0.2) is 0 Å². The van der Waals surface area contributed by atoms with Gasteiger partial charge in [-0.3, -0.25) is 9.59 Å². The molecule has 1 heterocycles. The summed E-state index contributed by atoms with van der Waals surface area (Å²) in [4.78, 5) is 22.5. The molecule has 1 rings (SSSR count). The van der Waals surface area contributed by atoms with Crippen LogP contribution in [-0.4, -0.2) is 42.2 Å². The molecule has 0 bridgehead atoms. The summed E-state index contributed by atoms with van der Waals surface area (Å²) in [6, 6.07) is 0. The highest BCUT2D eigenvalue weighted by atomic mass is 19.3. The van der Waals surface area contributed by atoms with E-state index in [1.54, 1.807) is 0 Å². The molecule has 0 aromatic rings. The van der Waals surface area contributed by atoms with Crippen LogP contribution >= 0.6 is 0 Å². The van der Waals surface area contributed by atoms with Crippen molar-refractivity contribution in [3.05, 3.63) is 0 Å². The minimum atomic E-state index is -4.67. The predicted molar refractivity (Wildman–Crippen MR) is 49.4 cm³/mol. The van der Waals surface area contributed by atoms with Crippen molar-refractivity contribution in [2.24, 2.45) is 11.7 Å². The molecule has 17 heavy (non-hydrogen) atoms. The number of carbonyl (C=O) groups is 2. The van der Waals surface area contributed by atoms with Gasteiger partial charge in [-0.15, -0.1) is 0 Å². The summed E-state index contributed by atoms with van der Waals surface area (Å²) >= 11 is 0. The Morgan fingerprint density at radius 3 is 2.06 bits per heavy atom. The fourth-order valence-corrected chi connectivity index (χ4v) is 1.67. The topological polar surface area (TPSA) is 63.4 Å². The van der Waals surface area contributed by atoms with Crippen LogP contribution < -0.4 is 5.73 Å². The maximum absolute atomic E-state index is 12.7. The molecule has 1 fully saturated rings. The van der Waals surface area contributed by atoms with E-state index in [1.807, 2.05) is 0 Å². The van der Waals surface area contributed by atoms with Crippen LogP contribution in [-0.2, 0) is 9.59 Å². The predicted octanol–water partition coefficient (Wildman–Crippen LogP) is 0.611. The van der Waals surface area contributed by atoms with Gasteiger partial charge in [0.15, 0.2) is 0 Å². The Labute approximate surface area is 94.7 Å². The largest absolute Gasteiger partial charge is 0.383 e. The number of hydrogen-bond acceptors (Lipinski definition) is 2. The second-order valence-corrected chi connectivity index (χ2v) is 3.89. The van der Waals surface area contributed by atoms with Crippen molar-refractivity contribution >= 4 is 11.8 Å². The average molecular weight is 256 g/mol. The van der Waals surface area contributed by atoms with Crippen LogP contribution in [0.5, 0.6) is 0 Å². The fourth-order valence-electron chi connectivity index (χ4n) is 1.67. The van der Waals surface area contributed by atoms with Crippen LogP contribution in [0.4, 0.5) is 17.6 Å². The lowest BCUT2D eigenvalue weighted by Crippen LogP contribution is -2.51. The first kappa shape index (κ1) is 13.7. The first-order chi connectivity index (χ1) is 7.76. The lowest BCUT2D eigenvalue weighted by molar-refractivity contribution is -0.182. The third-order valence-electron chi connectivity index (χ3n) is 2.74. The van der Waals surface area contributed by atoms with Crippen LogP contribution in [0.25, 0.3) is 0 Å². The number of primary amides is 1. The van der Waals surface area contributed by atoms with Gasteiger partial charge in [-0.2, -0.15) is 8.78 Å². The normalized spacial score (nSPS) is 18.5. The van der Waals surface area contributed by atoms with E-state index in [9.17, 15) is 27.2 Å². The van der Waals surface area contributed by atoms with E-state index in [0.29, 0.717) is 4.90 Å². The number of carbonyl (C=O) groups excluding carboxylic acids is 2. The van der Waals surface area contributed by atoms with Gasteiger partial charge in [-0.1, -0.05) is 0 Å². The molecule has 0 aliphatic carbocycles. The molecule has 8 heteroatoms. The van der Waals surface area contributed by atoms with E-state index >= 15 is 0 Å². The summed E-state index contributed by atoms with van der Waals surface area (Å²) in [6.07, 6.45) is -3.77. The average Bonchev–Trinajstić information content (AvgIpc) is 2.27. The van der Waals surface area contributed by atoms with E-state index in [1.165, 1.54) is 0 Å². The molecular weight excluding hydrogens is 244 g/mol. The van der Waals surface area contributed by atoms with Crippen molar-refractivity contribution < 1.29 is 27.2 Å². The number of nitrogens with zero attached hydrogens (tertiary/aromatic N) is 1. The van der Waals surface area contributed by atoms with Crippen molar-refractivity contribution in [3.63, 3.8) is 0 Å². The summed E-state index contributed by atoms with van der Waals surface area (Å²) in [7, 11) is 0. The summed E-state index contributed by atoms with van der Waals surface area (Å²) in [5.41, 5.74) is 5.01. The molecule has 0 unspecified atom stereocenters. The molecule has 1 aliphatic rings. The number of halogens is 4. The van der Waals surface area contributed by atoms with Crippen molar-refractivity contribution in [1.29, 1.82) is 0 Å². The Kier molecular flexibility index (Phi) is 3.94. The Morgan fingerprint density at radius 1 is 1.24 bits per heavy atom. The fraction of sp³-hybridized carbons (Fsp3) is 0.778. The summed E-state index contributed by atoms with van der Waals surface area (Å²) in [5, 5.41) is 0. The first-order valence-corrected chi connectivity index (χ1v) is 5.01. The Morgan fingerprint density at radius 2 is 1.71 bits per heavy atom. The number of alkyl halides is 4. The second kappa shape index (κ2) is 4.89. The Bertz CT molecular complexity index is 314. The van der Waals surface area contributed by atoms with Gasteiger partial charge in [0.05, 0.1) is 0 Å². The highest BCUT2D eigenvalue weighted by Crippen LogP contribution is 2.27. The van der Waals surface area contributed by atoms with E-state index in [4.69, 9.17) is 5.73 Å². The van der Waals surface area contributed by atoms with Crippen molar-refractivity contribution in [1.82, 2.24) is 4.90 Å². The number of likely N-dealkylation sites (tertiary alicyclic amines) is 1. The lowest BCUT2D eigenvalue weighted by atomic mass is 9.96. The molecule has 0 atom stereocenters. The van der Waals surface area contributed by atoms with Gasteiger partial charge in [0.2, 0.25) is 5.91 Å². The molecule has 98 valence electrons. The van der Waals surface area contributed by atoms with Crippen LogP contribution in [0.1, 0.15) is 12.8 Å². The first-order valence-electron chi connectivity index (χ1n) is 5.01. The molecule has 2 N–H and O–H groups in total. The molecule has 1 aliphatic heterocycles. The van der Waals surface area contributed by atoms with Crippen molar-refractivity contribution in [3.8, 4) is 0 Å². The SMILES string of the molecule is NC(=O)C1CCN(C(=O)C(F)(F)C(F)F)CC1. The molecular formula is C9H12F4N2O2. The zero-order chi connectivity index (χ0) is 13.2. The van der Waals surface area contributed by atoms with Gasteiger partial charge in [0.25, 0.3) is 5.91 Å². The zero-order valence-electron chi connectivity index (χ0n) is 8.84. The summed E-state index contributed by atoms with van der Waals surface area (Å²) in [5.74, 6) is -7.62. The van der Waals surface area contributed by atoms with Gasteiger partial charge in [-0.25, -0.2) is 8.78 Å². The van der Waals surface area contributed by atoms with Crippen LogP contribution in [0, 0.1) is 5.92 Å². The maximum Gasteiger partial charge on any atom is 0.383 e. The Balaban J connectivity index is 2.60. The highest BCUT2D eigenvalue weighted by Gasteiger charge is 2.51. The van der Waals surface area contributed by atoms with Crippen molar-refractivity contribution in [2.45, 2.75) is 25.2 Å². The standard InChI is InChI=1S/C9H12F4N2O2/c10-7(11)9(12,13)8(17)15-3-1-5(2-4-15)6(14)16/h5,7H,1-4H2,(H2,14,16). The number of piperidine rings is 1. The van der Waals surface area contributed by atoms with Crippen LogP contribution in [0.3, 0.4) is 0 Å². The Hall–Kier alpha value is -1.34. The quantitative estimate of drug-likeness (QED) is 0.752. The second-order valence-electron chi connectivity index (χ2n) is 3.89. The molecule has 4 nitrogen and oxygen atoms in total. The molecule has 0 aromatic carbocycles. The molecule has 2 amide bonds. The van der Waals surface area contributed by atoms with Gasteiger partial charge in [0, 0.05) is 19.0 Å². The van der Waals surface area contributed by atoms with Gasteiger partial charge in [0.1, 0.15) is 0 Å². The smallest absolute Gasteiger partial charge is 0.369 e. The number of hydrogen-bond donors (Lipinski definition) is 1. The lowest BCUT2D eigenvalue weighted by Gasteiger charge is -2.32. The van der Waals surface area contributed by atoms with E-state index in [0.717, 1.165) is 0 Å². The van der Waals surface area contributed by atoms with Crippen molar-refractivity contribution in [2.75, 3.05) is 13.1 Å².